The first-order valence-corrected chi connectivity index (χ1v) is 12.7. The van der Waals surface area contributed by atoms with Crippen molar-refractivity contribution in [2.45, 2.75) is 27.7 Å². The first-order chi connectivity index (χ1) is 14.8. The first kappa shape index (κ1) is 23.8. The number of methoxy groups -OCH3 is 1. The summed E-state index contributed by atoms with van der Waals surface area (Å²) >= 11 is 3.67. The molecule has 0 saturated heterocycles. The molecule has 0 N–H and O–H groups in total. The van der Waals surface area contributed by atoms with Gasteiger partial charge in [-0.2, -0.15) is 0 Å². The van der Waals surface area contributed by atoms with E-state index in [2.05, 4.69) is 48.0 Å². The van der Waals surface area contributed by atoms with E-state index >= 15 is 0 Å². The number of hydrogen-bond acceptors (Lipinski definition) is 5. The fourth-order valence-electron chi connectivity index (χ4n) is 3.77. The molecule has 0 aliphatic rings. The van der Waals surface area contributed by atoms with E-state index in [0.717, 1.165) is 43.2 Å². The Bertz CT molecular complexity index is 1100. The van der Waals surface area contributed by atoms with Crippen LogP contribution in [0.3, 0.4) is 0 Å². The molecule has 166 valence electrons. The predicted molar refractivity (Wildman–Crippen MR) is 129 cm³/mol. The minimum atomic E-state index is -3.27. The van der Waals surface area contributed by atoms with Gasteiger partial charge in [0.2, 0.25) is 0 Å². The predicted octanol–water partition coefficient (Wildman–Crippen LogP) is 7.50. The summed E-state index contributed by atoms with van der Waals surface area (Å²) < 4.78 is 35.5. The van der Waals surface area contributed by atoms with Gasteiger partial charge in [-0.15, -0.1) is 0 Å². The molecule has 0 atom stereocenters. The zero-order valence-corrected chi connectivity index (χ0v) is 21.0. The number of fused-ring (bicyclic) bond motifs is 1. The molecule has 0 spiro atoms. The quantitative estimate of drug-likeness (QED) is 0.281. The Labute approximate surface area is 192 Å². The third-order valence-electron chi connectivity index (χ3n) is 5.00. The number of rotatable bonds is 9. The van der Waals surface area contributed by atoms with Gasteiger partial charge >= 0.3 is 7.60 Å². The fourth-order valence-corrected chi connectivity index (χ4v) is 5.72. The first-order valence-electron chi connectivity index (χ1n) is 10.2. The molecule has 3 aromatic rings. The summed E-state index contributed by atoms with van der Waals surface area (Å²) in [5.41, 5.74) is 4.42. The summed E-state index contributed by atoms with van der Waals surface area (Å²) in [6, 6.07) is 14.2. The van der Waals surface area contributed by atoms with Gasteiger partial charge in [0.1, 0.15) is 11.5 Å². The maximum Gasteiger partial charge on any atom is 0.367 e. The van der Waals surface area contributed by atoms with Gasteiger partial charge in [0.25, 0.3) is 0 Å². The lowest BCUT2D eigenvalue weighted by Crippen LogP contribution is -2.06. The van der Waals surface area contributed by atoms with Crippen molar-refractivity contribution in [3.8, 4) is 22.6 Å². The summed E-state index contributed by atoms with van der Waals surface area (Å²) in [6.07, 6.45) is -0.117. The molecule has 0 aliphatic heterocycles. The summed E-state index contributed by atoms with van der Waals surface area (Å²) in [5.74, 6) is 1.44. The molecule has 0 aromatic heterocycles. The molecule has 3 aromatic carbocycles. The maximum atomic E-state index is 12.7. The van der Waals surface area contributed by atoms with Crippen LogP contribution in [-0.2, 0) is 13.6 Å². The van der Waals surface area contributed by atoms with Crippen LogP contribution in [0.1, 0.15) is 25.0 Å². The zero-order chi connectivity index (χ0) is 22.6. The fraction of sp³-hybridized carbons (Fsp3) is 0.333. The van der Waals surface area contributed by atoms with E-state index in [1.165, 1.54) is 0 Å². The van der Waals surface area contributed by atoms with Crippen molar-refractivity contribution in [1.82, 2.24) is 0 Å². The van der Waals surface area contributed by atoms with Crippen LogP contribution in [0.25, 0.3) is 21.9 Å². The van der Waals surface area contributed by atoms with E-state index in [-0.39, 0.29) is 6.35 Å². The minimum absolute atomic E-state index is 0.117. The van der Waals surface area contributed by atoms with Crippen molar-refractivity contribution >= 4 is 34.3 Å². The highest BCUT2D eigenvalue weighted by molar-refractivity contribution is 9.10. The summed E-state index contributed by atoms with van der Waals surface area (Å²) in [4.78, 5) is 0. The van der Waals surface area contributed by atoms with E-state index in [9.17, 15) is 4.57 Å². The lowest BCUT2D eigenvalue weighted by Gasteiger charge is -2.19. The second-order valence-electron chi connectivity index (χ2n) is 7.13. The van der Waals surface area contributed by atoms with Crippen LogP contribution in [0.2, 0.25) is 0 Å². The average Bonchev–Trinajstić information content (AvgIpc) is 2.73. The van der Waals surface area contributed by atoms with Crippen LogP contribution < -0.4 is 9.47 Å². The zero-order valence-electron chi connectivity index (χ0n) is 18.5. The van der Waals surface area contributed by atoms with Gasteiger partial charge in [0.05, 0.1) is 24.8 Å². The molecule has 7 heteroatoms. The average molecular weight is 507 g/mol. The summed E-state index contributed by atoms with van der Waals surface area (Å²) in [7, 11) is -1.60. The Morgan fingerprint density at radius 3 is 2.16 bits per heavy atom. The van der Waals surface area contributed by atoms with Crippen molar-refractivity contribution in [2.24, 2.45) is 0 Å². The second-order valence-corrected chi connectivity index (χ2v) is 9.92. The molecule has 3 rings (SSSR count). The number of hydrogen-bond donors (Lipinski definition) is 0. The molecule has 0 heterocycles. The number of benzene rings is 3. The summed E-state index contributed by atoms with van der Waals surface area (Å²) in [6.45, 7) is 8.28. The Morgan fingerprint density at radius 2 is 1.58 bits per heavy atom. The topological polar surface area (TPSA) is 54.0 Å². The van der Waals surface area contributed by atoms with Crippen molar-refractivity contribution in [3.63, 3.8) is 0 Å². The van der Waals surface area contributed by atoms with E-state index in [1.54, 1.807) is 21.0 Å². The standard InChI is InChI=1S/C24H28BrO5P/c1-6-29-31(26,30-7-2)15-28-18-13-16(3)23(17(4)14-18)20-9-8-10-21-19(20)11-12-22(27-5)24(21)25/h8-14H,6-7,15H2,1-5H3. The van der Waals surface area contributed by atoms with E-state index < -0.39 is 7.60 Å². The van der Waals surface area contributed by atoms with Gasteiger partial charge in [0, 0.05) is 5.39 Å². The SMILES string of the molecule is CCOP(=O)(COc1cc(C)c(-c2cccc3c(Br)c(OC)ccc23)c(C)c1)OCC. The van der Waals surface area contributed by atoms with Gasteiger partial charge in [0.15, 0.2) is 6.35 Å². The lowest BCUT2D eigenvalue weighted by molar-refractivity contribution is 0.197. The molecular weight excluding hydrogens is 479 g/mol. The Morgan fingerprint density at radius 1 is 0.935 bits per heavy atom. The largest absolute Gasteiger partial charge is 0.496 e. The molecule has 0 bridgehead atoms. The van der Waals surface area contributed by atoms with Crippen molar-refractivity contribution < 1.29 is 23.1 Å². The monoisotopic (exact) mass is 506 g/mol. The number of ether oxygens (including phenoxy) is 2. The third-order valence-corrected chi connectivity index (χ3v) is 7.56. The lowest BCUT2D eigenvalue weighted by atomic mass is 9.91. The van der Waals surface area contributed by atoms with Crippen LogP contribution >= 0.6 is 23.5 Å². The Kier molecular flexibility index (Phi) is 7.82. The van der Waals surface area contributed by atoms with Crippen molar-refractivity contribution in [1.29, 1.82) is 0 Å². The third kappa shape index (κ3) is 5.15. The molecule has 0 fully saturated rings. The normalized spacial score (nSPS) is 11.7. The molecule has 0 unspecified atom stereocenters. The van der Waals surface area contributed by atoms with Crippen LogP contribution in [-0.4, -0.2) is 26.7 Å². The van der Waals surface area contributed by atoms with Crippen molar-refractivity contribution in [2.75, 3.05) is 26.7 Å². The Hall–Kier alpha value is -1.85. The number of halogens is 1. The molecule has 0 aliphatic carbocycles. The molecular formula is C24H28BrO5P. The smallest absolute Gasteiger partial charge is 0.367 e. The van der Waals surface area contributed by atoms with E-state index in [0.29, 0.717) is 19.0 Å². The van der Waals surface area contributed by atoms with Gasteiger partial charge in [-0.05, 0) is 95.5 Å². The van der Waals surface area contributed by atoms with Gasteiger partial charge in [-0.25, -0.2) is 0 Å². The highest BCUT2D eigenvalue weighted by Crippen LogP contribution is 2.48. The van der Waals surface area contributed by atoms with Gasteiger partial charge < -0.3 is 18.5 Å². The maximum absolute atomic E-state index is 12.7. The molecule has 5 nitrogen and oxygen atoms in total. The van der Waals surface area contributed by atoms with E-state index in [4.69, 9.17) is 18.5 Å². The van der Waals surface area contributed by atoms with Gasteiger partial charge in [-0.3, -0.25) is 4.57 Å². The van der Waals surface area contributed by atoms with Gasteiger partial charge in [-0.1, -0.05) is 18.2 Å². The Balaban J connectivity index is 1.98. The van der Waals surface area contributed by atoms with Crippen LogP contribution in [0.5, 0.6) is 11.5 Å². The summed E-state index contributed by atoms with van der Waals surface area (Å²) in [5, 5.41) is 2.22. The molecule has 0 amide bonds. The molecule has 0 radical (unpaired) electrons. The second kappa shape index (κ2) is 10.2. The minimum Gasteiger partial charge on any atom is -0.496 e. The molecule has 31 heavy (non-hydrogen) atoms. The highest BCUT2D eigenvalue weighted by Gasteiger charge is 2.25. The van der Waals surface area contributed by atoms with Crippen molar-refractivity contribution in [3.05, 3.63) is 58.1 Å². The van der Waals surface area contributed by atoms with Crippen LogP contribution in [0, 0.1) is 13.8 Å². The molecule has 0 saturated carbocycles. The number of aryl methyl sites for hydroxylation is 2. The van der Waals surface area contributed by atoms with E-state index in [1.807, 2.05) is 24.3 Å². The highest BCUT2D eigenvalue weighted by atomic mass is 79.9. The van der Waals surface area contributed by atoms with Crippen LogP contribution in [0.4, 0.5) is 0 Å². The van der Waals surface area contributed by atoms with Crippen LogP contribution in [0.15, 0.2) is 46.9 Å².